The average molecular weight is 262 g/mol. The van der Waals surface area contributed by atoms with Gasteiger partial charge in [-0.3, -0.25) is 14.7 Å². The molecule has 1 fully saturated rings. The van der Waals surface area contributed by atoms with Gasteiger partial charge in [0.1, 0.15) is 0 Å². The monoisotopic (exact) mass is 262 g/mol. The molecule has 1 amide bonds. The van der Waals surface area contributed by atoms with Gasteiger partial charge >= 0.3 is 0 Å². The third-order valence-corrected chi connectivity index (χ3v) is 3.21. The van der Waals surface area contributed by atoms with Crippen molar-refractivity contribution in [2.45, 2.75) is 20.4 Å². The molecule has 1 aliphatic rings. The molecular formula is C14H22N4O. The van der Waals surface area contributed by atoms with Crippen LogP contribution in [0.2, 0.25) is 0 Å². The summed E-state index contributed by atoms with van der Waals surface area (Å²) in [6.45, 7) is 8.10. The van der Waals surface area contributed by atoms with Gasteiger partial charge in [0, 0.05) is 31.5 Å². The summed E-state index contributed by atoms with van der Waals surface area (Å²) in [4.78, 5) is 20.4. The van der Waals surface area contributed by atoms with E-state index in [1.54, 1.807) is 12.3 Å². The molecule has 0 spiro atoms. The largest absolute Gasteiger partial charge is 0.399 e. The number of amides is 1. The zero-order valence-electron chi connectivity index (χ0n) is 11.7. The summed E-state index contributed by atoms with van der Waals surface area (Å²) in [7, 11) is 0. The van der Waals surface area contributed by atoms with Gasteiger partial charge in [-0.15, -0.1) is 0 Å². The van der Waals surface area contributed by atoms with Crippen LogP contribution >= 0.6 is 0 Å². The molecule has 1 aromatic heterocycles. The zero-order chi connectivity index (χ0) is 13.8. The van der Waals surface area contributed by atoms with E-state index >= 15 is 0 Å². The Kier molecular flexibility index (Phi) is 4.37. The minimum atomic E-state index is 0.177. The molecule has 0 aromatic carbocycles. The number of piperazine rings is 1. The summed E-state index contributed by atoms with van der Waals surface area (Å²) in [5, 5.41) is 0. The lowest BCUT2D eigenvalue weighted by atomic mass is 10.2. The molecule has 0 aliphatic carbocycles. The molecule has 1 aromatic rings. The number of hydrogen-bond acceptors (Lipinski definition) is 4. The minimum absolute atomic E-state index is 0.177. The van der Waals surface area contributed by atoms with E-state index in [0.717, 1.165) is 25.3 Å². The molecular weight excluding hydrogens is 240 g/mol. The van der Waals surface area contributed by atoms with E-state index in [2.05, 4.69) is 23.7 Å². The zero-order valence-corrected chi connectivity index (χ0v) is 11.7. The topological polar surface area (TPSA) is 62.5 Å². The van der Waals surface area contributed by atoms with Crippen molar-refractivity contribution in [3.8, 4) is 0 Å². The fourth-order valence-corrected chi connectivity index (χ4v) is 2.38. The Bertz CT molecular complexity index is 447. The molecule has 5 nitrogen and oxygen atoms in total. The molecule has 2 heterocycles. The van der Waals surface area contributed by atoms with Crippen LogP contribution in [0, 0.1) is 5.92 Å². The first-order valence-corrected chi connectivity index (χ1v) is 6.75. The number of carbonyl (C=O) groups is 1. The van der Waals surface area contributed by atoms with Gasteiger partial charge in [-0.1, -0.05) is 13.8 Å². The van der Waals surface area contributed by atoms with Crippen molar-refractivity contribution in [3.05, 3.63) is 24.0 Å². The fourth-order valence-electron chi connectivity index (χ4n) is 2.38. The first-order valence-electron chi connectivity index (χ1n) is 6.75. The first-order chi connectivity index (χ1) is 9.04. The summed E-state index contributed by atoms with van der Waals surface area (Å²) in [5.74, 6) is 0.770. The van der Waals surface area contributed by atoms with Crippen molar-refractivity contribution in [3.63, 3.8) is 0 Å². The van der Waals surface area contributed by atoms with Crippen molar-refractivity contribution >= 4 is 11.6 Å². The molecule has 0 radical (unpaired) electrons. The van der Waals surface area contributed by atoms with Crippen molar-refractivity contribution in [1.29, 1.82) is 0 Å². The molecule has 5 heteroatoms. The van der Waals surface area contributed by atoms with Crippen LogP contribution in [0.4, 0.5) is 5.69 Å². The van der Waals surface area contributed by atoms with Crippen LogP contribution in [0.1, 0.15) is 19.5 Å². The molecule has 19 heavy (non-hydrogen) atoms. The maximum absolute atomic E-state index is 12.1. The van der Waals surface area contributed by atoms with Crippen LogP contribution in [0.15, 0.2) is 18.3 Å². The number of nitrogens with two attached hydrogens (primary N) is 1. The van der Waals surface area contributed by atoms with Crippen molar-refractivity contribution in [1.82, 2.24) is 14.8 Å². The fraction of sp³-hybridized carbons (Fsp3) is 0.571. The Morgan fingerprint density at radius 2 is 2.21 bits per heavy atom. The van der Waals surface area contributed by atoms with Crippen LogP contribution in [0.5, 0.6) is 0 Å². The van der Waals surface area contributed by atoms with Crippen LogP contribution in [0.3, 0.4) is 0 Å². The van der Waals surface area contributed by atoms with Crippen molar-refractivity contribution < 1.29 is 4.79 Å². The highest BCUT2D eigenvalue weighted by molar-refractivity contribution is 5.79. The predicted molar refractivity (Wildman–Crippen MR) is 75.3 cm³/mol. The number of aromatic nitrogens is 1. The number of nitrogen functional groups attached to an aromatic ring is 1. The SMILES string of the molecule is CC(C)CN1CCN(Cc2cc(N)ccn2)C(=O)C1. The maximum Gasteiger partial charge on any atom is 0.237 e. The van der Waals surface area contributed by atoms with E-state index < -0.39 is 0 Å². The van der Waals surface area contributed by atoms with Gasteiger partial charge in [0.25, 0.3) is 0 Å². The molecule has 0 saturated carbocycles. The van der Waals surface area contributed by atoms with E-state index in [1.807, 2.05) is 11.0 Å². The Labute approximate surface area is 114 Å². The molecule has 0 unspecified atom stereocenters. The standard InChI is InChI=1S/C14H22N4O/c1-11(2)8-17-5-6-18(14(19)10-17)9-13-7-12(15)3-4-16-13/h3-4,7,11H,5-6,8-10H2,1-2H3,(H2,15,16). The highest BCUT2D eigenvalue weighted by Crippen LogP contribution is 2.11. The highest BCUT2D eigenvalue weighted by Gasteiger charge is 2.24. The summed E-state index contributed by atoms with van der Waals surface area (Å²) in [5.41, 5.74) is 7.27. The number of rotatable bonds is 4. The smallest absolute Gasteiger partial charge is 0.237 e. The van der Waals surface area contributed by atoms with Crippen LogP contribution in [-0.2, 0) is 11.3 Å². The third kappa shape index (κ3) is 3.92. The predicted octanol–water partition coefficient (Wildman–Crippen LogP) is 0.964. The molecule has 2 N–H and O–H groups in total. The van der Waals surface area contributed by atoms with E-state index in [0.29, 0.717) is 24.7 Å². The normalized spacial score (nSPS) is 17.2. The first kappa shape index (κ1) is 13.8. The van der Waals surface area contributed by atoms with E-state index in [4.69, 9.17) is 5.73 Å². The Morgan fingerprint density at radius 3 is 2.84 bits per heavy atom. The number of pyridine rings is 1. The minimum Gasteiger partial charge on any atom is -0.399 e. The molecule has 2 rings (SSSR count). The van der Waals surface area contributed by atoms with Gasteiger partial charge in [-0.25, -0.2) is 0 Å². The molecule has 104 valence electrons. The van der Waals surface area contributed by atoms with Crippen molar-refractivity contribution in [2.24, 2.45) is 5.92 Å². The summed E-state index contributed by atoms with van der Waals surface area (Å²) in [6, 6.07) is 3.58. The summed E-state index contributed by atoms with van der Waals surface area (Å²) < 4.78 is 0. The molecule has 1 aliphatic heterocycles. The van der Waals surface area contributed by atoms with Gasteiger partial charge in [-0.05, 0) is 18.1 Å². The summed E-state index contributed by atoms with van der Waals surface area (Å²) in [6.07, 6.45) is 1.68. The lowest BCUT2D eigenvalue weighted by Gasteiger charge is -2.34. The average Bonchev–Trinajstić information content (AvgIpc) is 2.32. The van der Waals surface area contributed by atoms with Crippen LogP contribution in [0.25, 0.3) is 0 Å². The maximum atomic E-state index is 12.1. The van der Waals surface area contributed by atoms with Crippen molar-refractivity contribution in [2.75, 3.05) is 31.9 Å². The second kappa shape index (κ2) is 6.02. The van der Waals surface area contributed by atoms with Gasteiger partial charge in [-0.2, -0.15) is 0 Å². The lowest BCUT2D eigenvalue weighted by Crippen LogP contribution is -2.50. The van der Waals surface area contributed by atoms with E-state index in [1.165, 1.54) is 0 Å². The quantitative estimate of drug-likeness (QED) is 0.878. The summed E-state index contributed by atoms with van der Waals surface area (Å²) >= 11 is 0. The second-order valence-electron chi connectivity index (χ2n) is 5.52. The Hall–Kier alpha value is -1.62. The molecule has 0 bridgehead atoms. The second-order valence-corrected chi connectivity index (χ2v) is 5.52. The van der Waals surface area contributed by atoms with Gasteiger partial charge < -0.3 is 10.6 Å². The number of nitrogens with zero attached hydrogens (tertiary/aromatic N) is 3. The lowest BCUT2D eigenvalue weighted by molar-refractivity contribution is -0.136. The Balaban J connectivity index is 1.91. The Morgan fingerprint density at radius 1 is 1.42 bits per heavy atom. The number of carbonyl (C=O) groups excluding carboxylic acids is 1. The van der Waals surface area contributed by atoms with Crippen LogP contribution < -0.4 is 5.73 Å². The van der Waals surface area contributed by atoms with Crippen LogP contribution in [-0.4, -0.2) is 46.9 Å². The molecule has 1 saturated heterocycles. The van der Waals surface area contributed by atoms with Gasteiger partial charge in [0.05, 0.1) is 18.8 Å². The van der Waals surface area contributed by atoms with E-state index in [-0.39, 0.29) is 5.91 Å². The number of anilines is 1. The number of hydrogen-bond donors (Lipinski definition) is 1. The molecule has 0 atom stereocenters. The van der Waals surface area contributed by atoms with Gasteiger partial charge in [0.2, 0.25) is 5.91 Å². The third-order valence-electron chi connectivity index (χ3n) is 3.21. The van der Waals surface area contributed by atoms with Gasteiger partial charge in [0.15, 0.2) is 0 Å². The highest BCUT2D eigenvalue weighted by atomic mass is 16.2. The van der Waals surface area contributed by atoms with E-state index in [9.17, 15) is 4.79 Å².